The number of benzene rings is 1. The lowest BCUT2D eigenvalue weighted by Gasteiger charge is -2.08. The molecule has 1 aliphatic rings. The maximum atomic E-state index is 9.82. The van der Waals surface area contributed by atoms with E-state index in [-0.39, 0.29) is 5.75 Å². The number of hydrogen-bond acceptors (Lipinski definition) is 3. The zero-order chi connectivity index (χ0) is 10.4. The zero-order valence-electron chi connectivity index (χ0n) is 8.49. The van der Waals surface area contributed by atoms with Crippen molar-refractivity contribution < 1.29 is 5.11 Å². The van der Waals surface area contributed by atoms with Gasteiger partial charge in [-0.25, -0.2) is 0 Å². The van der Waals surface area contributed by atoms with Crippen LogP contribution in [0.2, 0.25) is 0 Å². The largest absolute Gasteiger partial charge is 0.506 e. The van der Waals surface area contributed by atoms with Crippen LogP contribution >= 0.6 is 0 Å². The number of nitrogens with zero attached hydrogens (tertiary/aromatic N) is 1. The molecule has 3 nitrogen and oxygen atoms in total. The van der Waals surface area contributed by atoms with E-state index in [9.17, 15) is 5.11 Å². The molecule has 3 heteroatoms. The van der Waals surface area contributed by atoms with Crippen molar-refractivity contribution in [2.45, 2.75) is 12.8 Å². The summed E-state index contributed by atoms with van der Waals surface area (Å²) in [6.45, 7) is 3.12. The first kappa shape index (κ1) is 8.53. The molecular formula is C12H12N2O. The van der Waals surface area contributed by atoms with Gasteiger partial charge in [-0.3, -0.25) is 4.98 Å². The van der Waals surface area contributed by atoms with E-state index in [1.807, 2.05) is 12.1 Å². The normalized spacial score (nSPS) is 18.9. The summed E-state index contributed by atoms with van der Waals surface area (Å²) < 4.78 is 0. The van der Waals surface area contributed by atoms with Crippen molar-refractivity contribution in [2.24, 2.45) is 0 Å². The van der Waals surface area contributed by atoms with Crippen LogP contribution in [0.3, 0.4) is 0 Å². The highest BCUT2D eigenvalue weighted by atomic mass is 16.3. The maximum absolute atomic E-state index is 9.82. The summed E-state index contributed by atoms with van der Waals surface area (Å²) in [6, 6.07) is 5.70. The average Bonchev–Trinajstić information content (AvgIpc) is 2.61. The monoisotopic (exact) mass is 200 g/mol. The Bertz CT molecular complexity index is 536. The number of anilines is 1. The molecule has 2 aromatic rings. The fraction of sp³-hybridized carbons (Fsp3) is 0.250. The van der Waals surface area contributed by atoms with Crippen LogP contribution in [0.5, 0.6) is 5.75 Å². The van der Waals surface area contributed by atoms with E-state index in [2.05, 4.69) is 17.2 Å². The SMILES string of the molecule is CC1CNc2cc(O)c3ncccc3c21. The van der Waals surface area contributed by atoms with Gasteiger partial charge in [0.2, 0.25) is 0 Å². The van der Waals surface area contributed by atoms with Crippen molar-refractivity contribution in [3.63, 3.8) is 0 Å². The molecule has 2 heterocycles. The molecular weight excluding hydrogens is 188 g/mol. The fourth-order valence-electron chi connectivity index (χ4n) is 2.30. The molecule has 0 saturated carbocycles. The predicted molar refractivity (Wildman–Crippen MR) is 60.3 cm³/mol. The molecule has 76 valence electrons. The van der Waals surface area contributed by atoms with Gasteiger partial charge in [0.1, 0.15) is 11.3 Å². The lowest BCUT2D eigenvalue weighted by atomic mass is 9.98. The van der Waals surface area contributed by atoms with Gasteiger partial charge < -0.3 is 10.4 Å². The predicted octanol–water partition coefficient (Wildman–Crippen LogP) is 2.47. The Labute approximate surface area is 87.8 Å². The molecule has 2 N–H and O–H groups in total. The number of rotatable bonds is 0. The van der Waals surface area contributed by atoms with E-state index in [4.69, 9.17) is 0 Å². The topological polar surface area (TPSA) is 45.1 Å². The van der Waals surface area contributed by atoms with Crippen molar-refractivity contribution >= 4 is 16.6 Å². The fourth-order valence-corrected chi connectivity index (χ4v) is 2.30. The van der Waals surface area contributed by atoms with Gasteiger partial charge in [0.05, 0.1) is 0 Å². The van der Waals surface area contributed by atoms with Crippen LogP contribution in [0, 0.1) is 0 Å². The second-order valence-electron chi connectivity index (χ2n) is 4.04. The molecule has 0 spiro atoms. The Morgan fingerprint density at radius 1 is 1.53 bits per heavy atom. The van der Waals surface area contributed by atoms with Crippen LogP contribution in [0.25, 0.3) is 10.9 Å². The third-order valence-electron chi connectivity index (χ3n) is 3.00. The van der Waals surface area contributed by atoms with E-state index in [1.165, 1.54) is 5.56 Å². The van der Waals surface area contributed by atoms with Crippen molar-refractivity contribution in [3.8, 4) is 5.75 Å². The van der Waals surface area contributed by atoms with Crippen LogP contribution in [0.1, 0.15) is 18.4 Å². The minimum Gasteiger partial charge on any atom is -0.506 e. The van der Waals surface area contributed by atoms with Gasteiger partial charge in [0.25, 0.3) is 0 Å². The number of hydrogen-bond donors (Lipinski definition) is 2. The van der Waals surface area contributed by atoms with Crippen molar-refractivity contribution in [3.05, 3.63) is 30.0 Å². The van der Waals surface area contributed by atoms with Gasteiger partial charge in [-0.15, -0.1) is 0 Å². The summed E-state index contributed by atoms with van der Waals surface area (Å²) in [7, 11) is 0. The zero-order valence-corrected chi connectivity index (χ0v) is 8.49. The van der Waals surface area contributed by atoms with Gasteiger partial charge in [-0.1, -0.05) is 13.0 Å². The van der Waals surface area contributed by atoms with Crippen LogP contribution in [0.4, 0.5) is 5.69 Å². The Kier molecular flexibility index (Phi) is 1.63. The third kappa shape index (κ3) is 1.09. The molecule has 1 aliphatic heterocycles. The molecule has 0 amide bonds. The third-order valence-corrected chi connectivity index (χ3v) is 3.00. The molecule has 0 aliphatic carbocycles. The second-order valence-corrected chi connectivity index (χ2v) is 4.04. The van der Waals surface area contributed by atoms with Crippen LogP contribution in [-0.4, -0.2) is 16.6 Å². The molecule has 0 bridgehead atoms. The van der Waals surface area contributed by atoms with Crippen LogP contribution in [-0.2, 0) is 0 Å². The van der Waals surface area contributed by atoms with Crippen LogP contribution in [0.15, 0.2) is 24.4 Å². The van der Waals surface area contributed by atoms with Gasteiger partial charge >= 0.3 is 0 Å². The number of fused-ring (bicyclic) bond motifs is 3. The molecule has 1 aromatic carbocycles. The Hall–Kier alpha value is -1.77. The van der Waals surface area contributed by atoms with Crippen molar-refractivity contribution in [1.82, 2.24) is 4.98 Å². The number of phenolic OH excluding ortho intramolecular Hbond substituents is 1. The Morgan fingerprint density at radius 2 is 2.40 bits per heavy atom. The van der Waals surface area contributed by atoms with Gasteiger partial charge in [-0.05, 0) is 11.6 Å². The molecule has 0 fully saturated rings. The van der Waals surface area contributed by atoms with Gasteiger partial charge in [0.15, 0.2) is 0 Å². The lowest BCUT2D eigenvalue weighted by molar-refractivity contribution is 0.480. The standard InChI is InChI=1S/C12H12N2O/c1-7-6-14-9-5-10(15)12-8(11(7)9)3-2-4-13-12/h2-5,7,14-15H,6H2,1H3. The smallest absolute Gasteiger partial charge is 0.143 e. The molecule has 3 rings (SSSR count). The summed E-state index contributed by atoms with van der Waals surface area (Å²) in [5.74, 6) is 0.734. The summed E-state index contributed by atoms with van der Waals surface area (Å²) >= 11 is 0. The minimum absolute atomic E-state index is 0.256. The maximum Gasteiger partial charge on any atom is 0.143 e. The van der Waals surface area contributed by atoms with E-state index in [1.54, 1.807) is 12.3 Å². The molecule has 15 heavy (non-hydrogen) atoms. The molecule has 0 radical (unpaired) electrons. The number of pyridine rings is 1. The highest BCUT2D eigenvalue weighted by Crippen LogP contribution is 2.40. The summed E-state index contributed by atoms with van der Waals surface area (Å²) in [5, 5.41) is 14.2. The quantitative estimate of drug-likeness (QED) is 0.686. The van der Waals surface area contributed by atoms with E-state index in [0.29, 0.717) is 11.4 Å². The Balaban J connectivity index is 2.45. The van der Waals surface area contributed by atoms with Crippen molar-refractivity contribution in [2.75, 3.05) is 11.9 Å². The highest BCUT2D eigenvalue weighted by Gasteiger charge is 2.22. The van der Waals surface area contributed by atoms with E-state index >= 15 is 0 Å². The lowest BCUT2D eigenvalue weighted by Crippen LogP contribution is -1.96. The summed E-state index contributed by atoms with van der Waals surface area (Å²) in [5.41, 5.74) is 3.02. The highest BCUT2D eigenvalue weighted by molar-refractivity contribution is 5.93. The number of nitrogens with one attached hydrogen (secondary N) is 1. The van der Waals surface area contributed by atoms with Gasteiger partial charge in [-0.2, -0.15) is 0 Å². The second kappa shape index (κ2) is 2.86. The molecule has 0 saturated heterocycles. The molecule has 1 unspecified atom stereocenters. The van der Waals surface area contributed by atoms with Crippen LogP contribution < -0.4 is 5.32 Å². The number of phenols is 1. The number of aromatic hydroxyl groups is 1. The number of aromatic nitrogens is 1. The molecule has 1 atom stereocenters. The first-order valence-corrected chi connectivity index (χ1v) is 5.12. The van der Waals surface area contributed by atoms with Crippen molar-refractivity contribution in [1.29, 1.82) is 0 Å². The Morgan fingerprint density at radius 3 is 3.27 bits per heavy atom. The van der Waals surface area contributed by atoms with E-state index in [0.717, 1.165) is 17.6 Å². The first-order valence-electron chi connectivity index (χ1n) is 5.12. The summed E-state index contributed by atoms with van der Waals surface area (Å²) in [6.07, 6.45) is 1.71. The molecule has 1 aromatic heterocycles. The summed E-state index contributed by atoms with van der Waals surface area (Å²) in [4.78, 5) is 4.21. The van der Waals surface area contributed by atoms with Gasteiger partial charge in [0, 0.05) is 35.8 Å². The van der Waals surface area contributed by atoms with E-state index < -0.39 is 0 Å². The first-order chi connectivity index (χ1) is 7.27. The minimum atomic E-state index is 0.256. The average molecular weight is 200 g/mol.